The number of para-hydroxylation sites is 1. The van der Waals surface area contributed by atoms with E-state index in [2.05, 4.69) is 5.32 Å². The number of pyridine rings is 1. The minimum Gasteiger partial charge on any atom is -0.497 e. The maximum Gasteiger partial charge on any atom is 0.244 e. The molecule has 8 nitrogen and oxygen atoms in total. The molecule has 0 bridgehead atoms. The Kier molecular flexibility index (Phi) is 6.88. The lowest BCUT2D eigenvalue weighted by molar-refractivity contribution is -0.116. The van der Waals surface area contributed by atoms with Crippen LogP contribution in [0.3, 0.4) is 0 Å². The standard InChI is InChI=1S/C26H24N2O6S/c1-3-34-19-9-12-21(13-10-19)35(31,32)24-16-28(17-25(29)27-18-7-5-4-6-8-18)23-14-11-20(33-2)15-22(23)26(24)30/h4-16H,3,17H2,1-2H3,(H,27,29). The number of amides is 1. The molecule has 35 heavy (non-hydrogen) atoms. The summed E-state index contributed by atoms with van der Waals surface area (Å²) in [6, 6.07) is 19.5. The molecule has 1 heterocycles. The predicted octanol–water partition coefficient (Wildman–Crippen LogP) is 3.88. The molecule has 0 aliphatic heterocycles. The van der Waals surface area contributed by atoms with Crippen LogP contribution in [0.25, 0.3) is 10.9 Å². The monoisotopic (exact) mass is 492 g/mol. The zero-order valence-electron chi connectivity index (χ0n) is 19.2. The number of fused-ring (bicyclic) bond motifs is 1. The maximum atomic E-state index is 13.5. The second kappa shape index (κ2) is 10.0. The van der Waals surface area contributed by atoms with Crippen LogP contribution in [-0.4, -0.2) is 32.6 Å². The highest BCUT2D eigenvalue weighted by atomic mass is 32.2. The maximum absolute atomic E-state index is 13.5. The average Bonchev–Trinajstić information content (AvgIpc) is 2.86. The number of hydrogen-bond acceptors (Lipinski definition) is 6. The van der Waals surface area contributed by atoms with Gasteiger partial charge < -0.3 is 19.4 Å². The molecule has 0 unspecified atom stereocenters. The topological polar surface area (TPSA) is 104 Å². The average molecular weight is 493 g/mol. The first-order valence-electron chi connectivity index (χ1n) is 10.9. The Labute approximate surface area is 202 Å². The zero-order chi connectivity index (χ0) is 25.0. The summed E-state index contributed by atoms with van der Waals surface area (Å²) in [5.74, 6) is 0.538. The summed E-state index contributed by atoms with van der Waals surface area (Å²) in [4.78, 5) is 25.6. The Hall–Kier alpha value is -4.11. The van der Waals surface area contributed by atoms with E-state index in [1.54, 1.807) is 36.4 Å². The Balaban J connectivity index is 1.82. The summed E-state index contributed by atoms with van der Waals surface area (Å²) in [7, 11) is -2.74. The number of carbonyl (C=O) groups is 1. The molecule has 0 atom stereocenters. The van der Waals surface area contributed by atoms with Crippen molar-refractivity contribution in [1.82, 2.24) is 4.57 Å². The van der Waals surface area contributed by atoms with Gasteiger partial charge in [0.15, 0.2) is 0 Å². The second-order valence-corrected chi connectivity index (χ2v) is 9.57. The number of methoxy groups -OCH3 is 1. The van der Waals surface area contributed by atoms with Crippen LogP contribution < -0.4 is 20.2 Å². The molecule has 0 fully saturated rings. The normalized spacial score (nSPS) is 11.3. The molecule has 0 saturated carbocycles. The number of rotatable bonds is 8. The summed E-state index contributed by atoms with van der Waals surface area (Å²) >= 11 is 0. The van der Waals surface area contributed by atoms with Crippen LogP contribution >= 0.6 is 0 Å². The van der Waals surface area contributed by atoms with Crippen LogP contribution in [0.2, 0.25) is 0 Å². The molecular weight excluding hydrogens is 468 g/mol. The molecule has 0 aliphatic rings. The quantitative estimate of drug-likeness (QED) is 0.400. The van der Waals surface area contributed by atoms with Crippen LogP contribution in [0.4, 0.5) is 5.69 Å². The van der Waals surface area contributed by atoms with Gasteiger partial charge in [-0.25, -0.2) is 8.42 Å². The van der Waals surface area contributed by atoms with Crippen molar-refractivity contribution in [2.24, 2.45) is 0 Å². The summed E-state index contributed by atoms with van der Waals surface area (Å²) in [6.45, 7) is 2.06. The van der Waals surface area contributed by atoms with E-state index in [1.807, 2.05) is 13.0 Å². The Morgan fingerprint density at radius 2 is 1.66 bits per heavy atom. The highest BCUT2D eigenvalue weighted by Crippen LogP contribution is 2.25. The van der Waals surface area contributed by atoms with Crippen molar-refractivity contribution in [2.45, 2.75) is 23.3 Å². The molecule has 1 N–H and O–H groups in total. The van der Waals surface area contributed by atoms with Crippen molar-refractivity contribution in [2.75, 3.05) is 19.0 Å². The molecule has 0 saturated heterocycles. The lowest BCUT2D eigenvalue weighted by Crippen LogP contribution is -2.24. The van der Waals surface area contributed by atoms with Crippen molar-refractivity contribution in [3.8, 4) is 11.5 Å². The smallest absolute Gasteiger partial charge is 0.244 e. The third-order valence-electron chi connectivity index (χ3n) is 5.36. The summed E-state index contributed by atoms with van der Waals surface area (Å²) in [5, 5.41) is 2.90. The number of nitrogens with zero attached hydrogens (tertiary/aromatic N) is 1. The van der Waals surface area contributed by atoms with Crippen LogP contribution in [0, 0.1) is 0 Å². The largest absolute Gasteiger partial charge is 0.497 e. The van der Waals surface area contributed by atoms with E-state index in [1.165, 1.54) is 48.2 Å². The fourth-order valence-electron chi connectivity index (χ4n) is 3.68. The van der Waals surface area contributed by atoms with E-state index in [0.29, 0.717) is 29.3 Å². The highest BCUT2D eigenvalue weighted by Gasteiger charge is 2.25. The Morgan fingerprint density at radius 3 is 2.31 bits per heavy atom. The molecule has 0 radical (unpaired) electrons. The van der Waals surface area contributed by atoms with Gasteiger partial charge in [-0.05, 0) is 61.5 Å². The first-order valence-corrected chi connectivity index (χ1v) is 12.4. The molecule has 0 spiro atoms. The van der Waals surface area contributed by atoms with Gasteiger partial charge in [-0.1, -0.05) is 18.2 Å². The van der Waals surface area contributed by atoms with Crippen LogP contribution in [0.1, 0.15) is 6.92 Å². The second-order valence-electron chi connectivity index (χ2n) is 7.66. The molecule has 4 aromatic rings. The number of hydrogen-bond donors (Lipinski definition) is 1. The molecule has 1 aromatic heterocycles. The van der Waals surface area contributed by atoms with E-state index >= 15 is 0 Å². The molecule has 180 valence electrons. The van der Waals surface area contributed by atoms with Gasteiger partial charge in [0.2, 0.25) is 21.2 Å². The minimum absolute atomic E-state index is 0.0550. The number of anilines is 1. The number of aromatic nitrogens is 1. The minimum atomic E-state index is -4.19. The third kappa shape index (κ3) is 5.04. The van der Waals surface area contributed by atoms with Crippen molar-refractivity contribution in [3.63, 3.8) is 0 Å². The van der Waals surface area contributed by atoms with E-state index in [-0.39, 0.29) is 22.7 Å². The number of sulfone groups is 1. The van der Waals surface area contributed by atoms with Gasteiger partial charge in [-0.3, -0.25) is 9.59 Å². The molecular formula is C26H24N2O6S. The van der Waals surface area contributed by atoms with Gasteiger partial charge in [0.05, 0.1) is 29.5 Å². The van der Waals surface area contributed by atoms with Gasteiger partial charge >= 0.3 is 0 Å². The molecule has 1 amide bonds. The van der Waals surface area contributed by atoms with E-state index in [4.69, 9.17) is 9.47 Å². The lowest BCUT2D eigenvalue weighted by atomic mass is 10.2. The Morgan fingerprint density at radius 1 is 0.971 bits per heavy atom. The van der Waals surface area contributed by atoms with Gasteiger partial charge in [0, 0.05) is 11.9 Å². The van der Waals surface area contributed by atoms with Crippen LogP contribution in [0.5, 0.6) is 11.5 Å². The van der Waals surface area contributed by atoms with Crippen molar-refractivity contribution < 1.29 is 22.7 Å². The van der Waals surface area contributed by atoms with E-state index in [0.717, 1.165) is 0 Å². The number of benzene rings is 3. The molecule has 4 rings (SSSR count). The van der Waals surface area contributed by atoms with Crippen LogP contribution in [-0.2, 0) is 21.2 Å². The van der Waals surface area contributed by atoms with E-state index < -0.39 is 20.2 Å². The van der Waals surface area contributed by atoms with Crippen LogP contribution in [0.15, 0.2) is 93.6 Å². The van der Waals surface area contributed by atoms with Gasteiger partial charge in [-0.2, -0.15) is 0 Å². The van der Waals surface area contributed by atoms with Gasteiger partial charge in [-0.15, -0.1) is 0 Å². The number of nitrogens with one attached hydrogen (secondary N) is 1. The number of ether oxygens (including phenoxy) is 2. The van der Waals surface area contributed by atoms with Gasteiger partial charge in [0.1, 0.15) is 22.9 Å². The zero-order valence-corrected chi connectivity index (χ0v) is 20.0. The van der Waals surface area contributed by atoms with Crippen molar-refractivity contribution in [1.29, 1.82) is 0 Å². The lowest BCUT2D eigenvalue weighted by Gasteiger charge is -2.15. The summed E-state index contributed by atoms with van der Waals surface area (Å²) in [5.41, 5.74) is 0.337. The summed E-state index contributed by atoms with van der Waals surface area (Å²) < 4.78 is 39.0. The fourth-order valence-corrected chi connectivity index (χ4v) is 5.05. The van der Waals surface area contributed by atoms with Crippen molar-refractivity contribution >= 4 is 32.3 Å². The van der Waals surface area contributed by atoms with E-state index in [9.17, 15) is 18.0 Å². The SMILES string of the molecule is CCOc1ccc(S(=O)(=O)c2cn(CC(=O)Nc3ccccc3)c3ccc(OC)cc3c2=O)cc1. The Bertz CT molecular complexity index is 1530. The predicted molar refractivity (Wildman–Crippen MR) is 133 cm³/mol. The molecule has 3 aromatic carbocycles. The highest BCUT2D eigenvalue weighted by molar-refractivity contribution is 7.91. The first-order chi connectivity index (χ1) is 16.8. The number of carbonyl (C=O) groups excluding carboxylic acids is 1. The molecule has 9 heteroatoms. The molecule has 0 aliphatic carbocycles. The summed E-state index contributed by atoms with van der Waals surface area (Å²) in [6.07, 6.45) is 1.22. The van der Waals surface area contributed by atoms with Crippen molar-refractivity contribution in [3.05, 3.63) is 89.2 Å². The third-order valence-corrected chi connectivity index (χ3v) is 7.12. The first kappa shape index (κ1) is 24.0. The van der Waals surface area contributed by atoms with Gasteiger partial charge in [0.25, 0.3) is 0 Å². The fraction of sp³-hybridized carbons (Fsp3) is 0.154.